The maximum absolute atomic E-state index is 9.56. The highest BCUT2D eigenvalue weighted by molar-refractivity contribution is 5.42. The van der Waals surface area contributed by atoms with Crippen LogP contribution in [0.15, 0.2) is 18.2 Å². The second kappa shape index (κ2) is 6.95. The molecule has 0 radical (unpaired) electrons. The third-order valence-electron chi connectivity index (χ3n) is 4.13. The molecule has 2 rings (SSSR count). The second-order valence-corrected chi connectivity index (χ2v) is 5.57. The predicted octanol–water partition coefficient (Wildman–Crippen LogP) is 2.52. The van der Waals surface area contributed by atoms with Crippen molar-refractivity contribution in [3.8, 4) is 11.5 Å². The molecule has 1 fully saturated rings. The van der Waals surface area contributed by atoms with Crippen LogP contribution in [0.2, 0.25) is 0 Å². The molecule has 112 valence electrons. The molecule has 1 aliphatic rings. The minimum absolute atomic E-state index is 0.104. The second-order valence-electron chi connectivity index (χ2n) is 5.57. The highest BCUT2D eigenvalue weighted by atomic mass is 16.5. The molecule has 2 N–H and O–H groups in total. The summed E-state index contributed by atoms with van der Waals surface area (Å²) in [6.07, 6.45) is 2.86. The Bertz CT molecular complexity index is 436. The first-order valence-corrected chi connectivity index (χ1v) is 7.27. The molecule has 4 heteroatoms. The summed E-state index contributed by atoms with van der Waals surface area (Å²) in [5.41, 5.74) is 1.13. The zero-order valence-corrected chi connectivity index (χ0v) is 12.6. The Morgan fingerprint density at radius 2 is 2.10 bits per heavy atom. The zero-order valence-electron chi connectivity index (χ0n) is 12.6. The number of methoxy groups -OCH3 is 2. The van der Waals surface area contributed by atoms with Crippen molar-refractivity contribution in [3.05, 3.63) is 23.8 Å². The summed E-state index contributed by atoms with van der Waals surface area (Å²) in [6, 6.07) is 6.12. The molecule has 0 heterocycles. The quantitative estimate of drug-likeness (QED) is 0.840. The zero-order chi connectivity index (χ0) is 14.5. The summed E-state index contributed by atoms with van der Waals surface area (Å²) in [5, 5.41) is 13.1. The van der Waals surface area contributed by atoms with Crippen LogP contribution in [-0.4, -0.2) is 32.0 Å². The molecule has 4 nitrogen and oxygen atoms in total. The number of aliphatic hydroxyl groups excluding tert-OH is 1. The Morgan fingerprint density at radius 1 is 1.30 bits per heavy atom. The molecule has 1 aromatic carbocycles. The Labute approximate surface area is 121 Å². The van der Waals surface area contributed by atoms with E-state index in [1.54, 1.807) is 14.2 Å². The van der Waals surface area contributed by atoms with Crippen LogP contribution in [0.25, 0.3) is 0 Å². The lowest BCUT2D eigenvalue weighted by Crippen LogP contribution is -2.25. The first kappa shape index (κ1) is 15.1. The van der Waals surface area contributed by atoms with Crippen molar-refractivity contribution in [2.75, 3.05) is 20.8 Å². The minimum atomic E-state index is -0.104. The van der Waals surface area contributed by atoms with E-state index in [0.29, 0.717) is 5.92 Å². The van der Waals surface area contributed by atoms with E-state index in [1.165, 1.54) is 0 Å². The Kier molecular flexibility index (Phi) is 5.26. The number of hydrogen-bond donors (Lipinski definition) is 2. The average Bonchev–Trinajstić information content (AvgIpc) is 2.89. The van der Waals surface area contributed by atoms with Gasteiger partial charge in [-0.05, 0) is 44.7 Å². The van der Waals surface area contributed by atoms with Gasteiger partial charge in [-0.2, -0.15) is 0 Å². The van der Waals surface area contributed by atoms with Gasteiger partial charge in [0.1, 0.15) is 11.5 Å². The number of benzene rings is 1. The van der Waals surface area contributed by atoms with E-state index in [1.807, 2.05) is 18.2 Å². The molecule has 20 heavy (non-hydrogen) atoms. The lowest BCUT2D eigenvalue weighted by Gasteiger charge is -2.20. The molecule has 1 aliphatic carbocycles. The third-order valence-corrected chi connectivity index (χ3v) is 4.13. The summed E-state index contributed by atoms with van der Waals surface area (Å²) in [4.78, 5) is 0. The van der Waals surface area contributed by atoms with Crippen molar-refractivity contribution in [2.45, 2.75) is 38.3 Å². The van der Waals surface area contributed by atoms with Gasteiger partial charge in [0.2, 0.25) is 0 Å². The predicted molar refractivity (Wildman–Crippen MR) is 79.3 cm³/mol. The highest BCUT2D eigenvalue weighted by Crippen LogP contribution is 2.30. The summed E-state index contributed by atoms with van der Waals surface area (Å²) in [6.45, 7) is 3.07. The standard InChI is InChI=1S/C16H25NO3/c1-11(17-10-12-4-5-13(18)8-12)15-7-6-14(19-2)9-16(15)20-3/h6-7,9,11-13,17-18H,4-5,8,10H2,1-3H3. The summed E-state index contributed by atoms with van der Waals surface area (Å²) in [7, 11) is 3.33. The number of nitrogens with one attached hydrogen (secondary N) is 1. The monoisotopic (exact) mass is 279 g/mol. The van der Waals surface area contributed by atoms with Gasteiger partial charge in [-0.3, -0.25) is 0 Å². The van der Waals surface area contributed by atoms with Crippen molar-refractivity contribution >= 4 is 0 Å². The Morgan fingerprint density at radius 3 is 2.70 bits per heavy atom. The molecule has 0 bridgehead atoms. The summed E-state index contributed by atoms with van der Waals surface area (Å²) in [5.74, 6) is 2.23. The molecule has 1 aromatic rings. The van der Waals surface area contributed by atoms with Crippen LogP contribution < -0.4 is 14.8 Å². The SMILES string of the molecule is COc1ccc(C(C)NCC2CCC(O)C2)c(OC)c1. The molecule has 0 aliphatic heterocycles. The van der Waals surface area contributed by atoms with Gasteiger partial charge in [-0.15, -0.1) is 0 Å². The third kappa shape index (κ3) is 3.64. The number of rotatable bonds is 6. The molecule has 1 saturated carbocycles. The highest BCUT2D eigenvalue weighted by Gasteiger charge is 2.23. The largest absolute Gasteiger partial charge is 0.497 e. The first-order chi connectivity index (χ1) is 9.63. The molecule has 3 atom stereocenters. The molecule has 0 aromatic heterocycles. The van der Waals surface area contributed by atoms with Crippen LogP contribution >= 0.6 is 0 Å². The molecule has 0 amide bonds. The van der Waals surface area contributed by atoms with Crippen LogP contribution in [0, 0.1) is 5.92 Å². The van der Waals surface area contributed by atoms with Crippen molar-refractivity contribution in [1.82, 2.24) is 5.32 Å². The van der Waals surface area contributed by atoms with Crippen LogP contribution in [0.4, 0.5) is 0 Å². The molecule has 0 spiro atoms. The van der Waals surface area contributed by atoms with Crippen molar-refractivity contribution in [2.24, 2.45) is 5.92 Å². The van der Waals surface area contributed by atoms with Gasteiger partial charge in [-0.1, -0.05) is 6.07 Å². The van der Waals surface area contributed by atoms with E-state index in [-0.39, 0.29) is 12.1 Å². The van der Waals surface area contributed by atoms with Crippen LogP contribution in [0.3, 0.4) is 0 Å². The average molecular weight is 279 g/mol. The van der Waals surface area contributed by atoms with E-state index in [4.69, 9.17) is 9.47 Å². The molecular formula is C16H25NO3. The molecule has 0 saturated heterocycles. The normalized spacial score (nSPS) is 23.6. The van der Waals surface area contributed by atoms with Gasteiger partial charge in [-0.25, -0.2) is 0 Å². The van der Waals surface area contributed by atoms with Gasteiger partial charge in [0.25, 0.3) is 0 Å². The maximum Gasteiger partial charge on any atom is 0.127 e. The lowest BCUT2D eigenvalue weighted by molar-refractivity contribution is 0.177. The number of hydrogen-bond acceptors (Lipinski definition) is 4. The number of aliphatic hydroxyl groups is 1. The van der Waals surface area contributed by atoms with E-state index >= 15 is 0 Å². The Balaban J connectivity index is 1.96. The summed E-state index contributed by atoms with van der Waals surface area (Å²) >= 11 is 0. The van der Waals surface area contributed by atoms with E-state index in [2.05, 4.69) is 12.2 Å². The smallest absolute Gasteiger partial charge is 0.127 e. The molecule has 3 unspecified atom stereocenters. The van der Waals surface area contributed by atoms with Crippen molar-refractivity contribution in [1.29, 1.82) is 0 Å². The van der Waals surface area contributed by atoms with Gasteiger partial charge in [0.05, 0.1) is 20.3 Å². The van der Waals surface area contributed by atoms with E-state index in [0.717, 1.165) is 42.9 Å². The van der Waals surface area contributed by atoms with E-state index < -0.39 is 0 Å². The van der Waals surface area contributed by atoms with E-state index in [9.17, 15) is 5.11 Å². The van der Waals surface area contributed by atoms with Crippen LogP contribution in [0.5, 0.6) is 11.5 Å². The molecular weight excluding hydrogens is 254 g/mol. The van der Waals surface area contributed by atoms with Gasteiger partial charge < -0.3 is 19.9 Å². The van der Waals surface area contributed by atoms with Crippen LogP contribution in [-0.2, 0) is 0 Å². The Hall–Kier alpha value is -1.26. The fraction of sp³-hybridized carbons (Fsp3) is 0.625. The van der Waals surface area contributed by atoms with Crippen LogP contribution in [0.1, 0.15) is 37.8 Å². The van der Waals surface area contributed by atoms with Crippen molar-refractivity contribution < 1.29 is 14.6 Å². The fourth-order valence-corrected chi connectivity index (χ4v) is 2.86. The summed E-state index contributed by atoms with van der Waals surface area (Å²) < 4.78 is 10.7. The van der Waals surface area contributed by atoms with Gasteiger partial charge >= 0.3 is 0 Å². The maximum atomic E-state index is 9.56. The minimum Gasteiger partial charge on any atom is -0.497 e. The first-order valence-electron chi connectivity index (χ1n) is 7.27. The topological polar surface area (TPSA) is 50.7 Å². The van der Waals surface area contributed by atoms with Crippen molar-refractivity contribution in [3.63, 3.8) is 0 Å². The lowest BCUT2D eigenvalue weighted by atomic mass is 10.0. The fourth-order valence-electron chi connectivity index (χ4n) is 2.86. The van der Waals surface area contributed by atoms with Gasteiger partial charge in [0, 0.05) is 17.7 Å². The van der Waals surface area contributed by atoms with Gasteiger partial charge in [0.15, 0.2) is 0 Å². The number of ether oxygens (including phenoxy) is 2.